The molecule has 0 N–H and O–H groups in total. The summed E-state index contributed by atoms with van der Waals surface area (Å²) in [6.45, 7) is 7.08. The number of benzene rings is 2. The molecule has 8 heteroatoms. The van der Waals surface area contributed by atoms with Crippen molar-refractivity contribution in [3.63, 3.8) is 0 Å². The zero-order valence-electron chi connectivity index (χ0n) is 18.4. The van der Waals surface area contributed by atoms with E-state index in [1.165, 1.54) is 11.8 Å². The molecule has 0 spiro atoms. The van der Waals surface area contributed by atoms with E-state index >= 15 is 0 Å². The van der Waals surface area contributed by atoms with Crippen molar-refractivity contribution < 1.29 is 14.0 Å². The normalized spacial score (nSPS) is 15.4. The molecule has 1 atom stereocenters. The molecule has 166 valence electrons. The maximum atomic E-state index is 13.7. The Morgan fingerprint density at radius 3 is 2.39 bits per heavy atom. The van der Waals surface area contributed by atoms with Crippen molar-refractivity contribution in [3.8, 4) is 0 Å². The van der Waals surface area contributed by atoms with E-state index in [-0.39, 0.29) is 22.5 Å². The molecule has 0 radical (unpaired) electrons. The van der Waals surface area contributed by atoms with Crippen molar-refractivity contribution in [2.24, 2.45) is 0 Å². The molecule has 0 saturated carbocycles. The fraction of sp³-hybridized carbons (Fsp3) is 0.200. The molecular weight excluding hydrogens is 504 g/mol. The van der Waals surface area contributed by atoms with Crippen LogP contribution in [0.5, 0.6) is 0 Å². The highest BCUT2D eigenvalue weighted by atomic mass is 79.9. The minimum Gasteiger partial charge on any atom is -0.450 e. The van der Waals surface area contributed by atoms with Crippen LogP contribution in [-0.4, -0.2) is 16.7 Å². The Morgan fingerprint density at radius 2 is 1.76 bits per heavy atom. The highest BCUT2D eigenvalue weighted by molar-refractivity contribution is 9.10. The first-order valence-electron chi connectivity index (χ1n) is 10.3. The maximum absolute atomic E-state index is 13.7. The number of fused-ring (bicyclic) bond motifs is 2. The van der Waals surface area contributed by atoms with E-state index in [4.69, 9.17) is 4.42 Å². The number of rotatable bonds is 3. The van der Waals surface area contributed by atoms with Crippen molar-refractivity contribution >= 4 is 55.1 Å². The number of amides is 1. The van der Waals surface area contributed by atoms with Crippen LogP contribution < -0.4 is 10.3 Å². The molecule has 6 nitrogen and oxygen atoms in total. The molecule has 1 aliphatic rings. The van der Waals surface area contributed by atoms with Crippen molar-refractivity contribution in [1.82, 2.24) is 4.98 Å². The molecule has 33 heavy (non-hydrogen) atoms. The SMILES string of the molecule is CC(=O)c1sc(N2C(=O)c3oc4cc(C)c(C)cc4c(=O)c3C2c2ccc(Br)cc2)nc1C. The van der Waals surface area contributed by atoms with Gasteiger partial charge in [-0.25, -0.2) is 4.98 Å². The van der Waals surface area contributed by atoms with Gasteiger partial charge in [0.05, 0.1) is 27.6 Å². The van der Waals surface area contributed by atoms with Crippen LogP contribution in [0.25, 0.3) is 11.0 Å². The van der Waals surface area contributed by atoms with E-state index in [0.29, 0.717) is 26.7 Å². The highest BCUT2D eigenvalue weighted by Crippen LogP contribution is 2.43. The van der Waals surface area contributed by atoms with Crippen LogP contribution in [0, 0.1) is 20.8 Å². The van der Waals surface area contributed by atoms with E-state index in [1.54, 1.807) is 13.0 Å². The van der Waals surface area contributed by atoms with Gasteiger partial charge in [0.25, 0.3) is 5.91 Å². The third-order valence-corrected chi connectivity index (χ3v) is 7.77. The van der Waals surface area contributed by atoms with Crippen LogP contribution in [-0.2, 0) is 0 Å². The minimum atomic E-state index is -0.715. The molecule has 3 heterocycles. The van der Waals surface area contributed by atoms with E-state index in [9.17, 15) is 14.4 Å². The van der Waals surface area contributed by atoms with E-state index < -0.39 is 11.9 Å². The lowest BCUT2D eigenvalue weighted by Crippen LogP contribution is -2.29. The summed E-state index contributed by atoms with van der Waals surface area (Å²) in [4.78, 5) is 45.9. The van der Waals surface area contributed by atoms with Crippen LogP contribution in [0.2, 0.25) is 0 Å². The monoisotopic (exact) mass is 522 g/mol. The second-order valence-electron chi connectivity index (χ2n) is 8.20. The van der Waals surface area contributed by atoms with Gasteiger partial charge in [0.2, 0.25) is 5.76 Å². The standard InChI is InChI=1S/C25H19BrN2O4S/c1-11-9-17-18(10-12(11)2)32-22-19(21(17)30)20(15-5-7-16(26)8-6-15)28(24(22)31)25-27-13(3)23(33-25)14(4)29/h5-10,20H,1-4H3. The lowest BCUT2D eigenvalue weighted by atomic mass is 9.98. The van der Waals surface area contributed by atoms with Gasteiger partial charge in [-0.3, -0.25) is 19.3 Å². The number of aromatic nitrogens is 1. The quantitative estimate of drug-likeness (QED) is 0.313. The first-order valence-corrected chi connectivity index (χ1v) is 11.9. The van der Waals surface area contributed by atoms with Crippen LogP contribution >= 0.6 is 27.3 Å². The number of aryl methyl sites for hydroxylation is 3. The lowest BCUT2D eigenvalue weighted by molar-refractivity contribution is 0.0969. The van der Waals surface area contributed by atoms with E-state index in [2.05, 4.69) is 20.9 Å². The van der Waals surface area contributed by atoms with Gasteiger partial charge in [0.15, 0.2) is 16.3 Å². The van der Waals surface area contributed by atoms with Gasteiger partial charge < -0.3 is 4.42 Å². The van der Waals surface area contributed by atoms with Crippen molar-refractivity contribution in [3.05, 3.63) is 89.7 Å². The number of ketones is 1. The number of thiazole rings is 1. The largest absolute Gasteiger partial charge is 0.450 e. The first kappa shape index (κ1) is 21.7. The van der Waals surface area contributed by atoms with E-state index in [0.717, 1.165) is 32.5 Å². The van der Waals surface area contributed by atoms with Crippen molar-refractivity contribution in [2.75, 3.05) is 4.90 Å². The fourth-order valence-corrected chi connectivity index (χ4v) is 5.45. The van der Waals surface area contributed by atoms with Gasteiger partial charge in [-0.05, 0) is 61.7 Å². The molecular formula is C25H19BrN2O4S. The average molecular weight is 523 g/mol. The average Bonchev–Trinajstić information content (AvgIpc) is 3.28. The summed E-state index contributed by atoms with van der Waals surface area (Å²) >= 11 is 4.59. The molecule has 5 rings (SSSR count). The molecule has 1 unspecified atom stereocenters. The zero-order chi connectivity index (χ0) is 23.6. The van der Waals surface area contributed by atoms with Crippen LogP contribution in [0.4, 0.5) is 5.13 Å². The lowest BCUT2D eigenvalue weighted by Gasteiger charge is -2.22. The minimum absolute atomic E-state index is 0.0147. The van der Waals surface area contributed by atoms with Gasteiger partial charge >= 0.3 is 0 Å². The number of carbonyl (C=O) groups excluding carboxylic acids is 2. The number of nitrogens with zero attached hydrogens (tertiary/aromatic N) is 2. The Bertz CT molecular complexity index is 1540. The van der Waals surface area contributed by atoms with Crippen LogP contribution in [0.15, 0.2) is 50.1 Å². The summed E-state index contributed by atoms with van der Waals surface area (Å²) in [7, 11) is 0. The summed E-state index contributed by atoms with van der Waals surface area (Å²) in [6.07, 6.45) is 0. The smallest absolute Gasteiger partial charge is 0.297 e. The van der Waals surface area contributed by atoms with Gasteiger partial charge in [0, 0.05) is 11.4 Å². The Balaban J connectivity index is 1.81. The number of anilines is 1. The first-order chi connectivity index (χ1) is 15.7. The molecule has 1 aliphatic heterocycles. The summed E-state index contributed by atoms with van der Waals surface area (Å²) in [5.74, 6) is -0.550. The summed E-state index contributed by atoms with van der Waals surface area (Å²) in [5.41, 5.74) is 3.67. The fourth-order valence-electron chi connectivity index (χ4n) is 4.20. The summed E-state index contributed by atoms with van der Waals surface area (Å²) in [5, 5.41) is 0.797. The van der Waals surface area contributed by atoms with Crippen molar-refractivity contribution in [1.29, 1.82) is 0 Å². The predicted molar refractivity (Wildman–Crippen MR) is 132 cm³/mol. The van der Waals surface area contributed by atoms with Gasteiger partial charge in [-0.15, -0.1) is 0 Å². The number of halogens is 1. The van der Waals surface area contributed by atoms with Gasteiger partial charge in [-0.2, -0.15) is 0 Å². The molecule has 0 bridgehead atoms. The predicted octanol–water partition coefficient (Wildman–Crippen LogP) is 5.89. The Labute approximate surface area is 202 Å². The Hall–Kier alpha value is -3.10. The second-order valence-corrected chi connectivity index (χ2v) is 10.1. The van der Waals surface area contributed by atoms with Gasteiger partial charge in [-0.1, -0.05) is 39.4 Å². The molecule has 0 fully saturated rings. The third kappa shape index (κ3) is 3.36. The second kappa shape index (κ2) is 7.74. The van der Waals surface area contributed by atoms with Gasteiger partial charge in [0.1, 0.15) is 5.58 Å². The third-order valence-electron chi connectivity index (χ3n) is 5.98. The molecule has 2 aromatic heterocycles. The number of carbonyl (C=O) groups is 2. The van der Waals surface area contributed by atoms with Crippen LogP contribution in [0.1, 0.15) is 61.1 Å². The molecule has 2 aromatic carbocycles. The molecule has 0 saturated heterocycles. The van der Waals surface area contributed by atoms with Crippen molar-refractivity contribution in [2.45, 2.75) is 33.7 Å². The number of hydrogen-bond donors (Lipinski definition) is 0. The maximum Gasteiger partial charge on any atom is 0.297 e. The molecule has 1 amide bonds. The molecule has 4 aromatic rings. The highest BCUT2D eigenvalue weighted by Gasteiger charge is 2.45. The Morgan fingerprint density at radius 1 is 1.09 bits per heavy atom. The summed E-state index contributed by atoms with van der Waals surface area (Å²) in [6, 6.07) is 10.3. The number of hydrogen-bond acceptors (Lipinski definition) is 6. The Kier molecular flexibility index (Phi) is 5.10. The summed E-state index contributed by atoms with van der Waals surface area (Å²) < 4.78 is 6.93. The van der Waals surface area contributed by atoms with E-state index in [1.807, 2.05) is 44.2 Å². The van der Waals surface area contributed by atoms with Crippen LogP contribution in [0.3, 0.4) is 0 Å². The number of Topliss-reactive ketones (excluding diaryl/α,β-unsaturated/α-hetero) is 1. The topological polar surface area (TPSA) is 80.5 Å². The zero-order valence-corrected chi connectivity index (χ0v) is 20.8. The molecule has 0 aliphatic carbocycles.